The fourth-order valence-corrected chi connectivity index (χ4v) is 2.67. The number of nitriles is 1. The number of nitrogens with zero attached hydrogens (tertiary/aromatic N) is 3. The Morgan fingerprint density at radius 1 is 1.23 bits per heavy atom. The summed E-state index contributed by atoms with van der Waals surface area (Å²) in [5.74, 6) is 0. The quantitative estimate of drug-likeness (QED) is 0.521. The van der Waals surface area contributed by atoms with Crippen LogP contribution < -0.4 is 0 Å². The lowest BCUT2D eigenvalue weighted by molar-refractivity contribution is -0.384. The molecular weight excluding hydrogens is 346 g/mol. The Hall–Kier alpha value is -2.65. The summed E-state index contributed by atoms with van der Waals surface area (Å²) in [6, 6.07) is 14.6. The van der Waals surface area contributed by atoms with Crippen molar-refractivity contribution in [2.45, 2.75) is 6.54 Å². The fourth-order valence-electron chi connectivity index (χ4n) is 2.41. The van der Waals surface area contributed by atoms with Gasteiger partial charge >= 0.3 is 0 Å². The highest BCUT2D eigenvalue weighted by atomic mass is 79.9. The number of fused-ring (bicyclic) bond motifs is 1. The normalized spacial score (nSPS) is 10.5. The van der Waals surface area contributed by atoms with E-state index in [-0.39, 0.29) is 5.69 Å². The van der Waals surface area contributed by atoms with Gasteiger partial charge in [0.05, 0.1) is 16.0 Å². The van der Waals surface area contributed by atoms with Crippen LogP contribution in [0.3, 0.4) is 0 Å². The Balaban J connectivity index is 2.08. The summed E-state index contributed by atoms with van der Waals surface area (Å²) < 4.78 is 2.93. The van der Waals surface area contributed by atoms with Gasteiger partial charge in [-0.15, -0.1) is 0 Å². The number of hydrogen-bond donors (Lipinski definition) is 0. The van der Waals surface area contributed by atoms with Crippen LogP contribution >= 0.6 is 15.9 Å². The molecule has 0 radical (unpaired) electrons. The van der Waals surface area contributed by atoms with Crippen molar-refractivity contribution in [1.82, 2.24) is 4.57 Å². The Labute approximate surface area is 134 Å². The molecular formula is C16H10BrN3O2. The van der Waals surface area contributed by atoms with Crippen molar-refractivity contribution >= 4 is 32.5 Å². The highest BCUT2D eigenvalue weighted by Gasteiger charge is 2.13. The summed E-state index contributed by atoms with van der Waals surface area (Å²) in [4.78, 5) is 10.4. The summed E-state index contributed by atoms with van der Waals surface area (Å²) in [6.45, 7) is 0.600. The number of nitro benzene ring substituents is 1. The summed E-state index contributed by atoms with van der Waals surface area (Å²) in [5, 5.41) is 20.7. The second-order valence-corrected chi connectivity index (χ2v) is 5.78. The Kier molecular flexibility index (Phi) is 3.65. The molecule has 0 unspecified atom stereocenters. The number of hydrogen-bond acceptors (Lipinski definition) is 3. The van der Waals surface area contributed by atoms with Crippen molar-refractivity contribution in [3.05, 3.63) is 74.4 Å². The molecule has 2 aromatic carbocycles. The van der Waals surface area contributed by atoms with E-state index >= 15 is 0 Å². The van der Waals surface area contributed by atoms with Gasteiger partial charge in [-0.05, 0) is 23.8 Å². The van der Waals surface area contributed by atoms with Crippen molar-refractivity contribution < 1.29 is 4.92 Å². The molecule has 5 nitrogen and oxygen atoms in total. The van der Waals surface area contributed by atoms with Gasteiger partial charge in [-0.1, -0.05) is 28.1 Å². The molecule has 1 aromatic heterocycles. The van der Waals surface area contributed by atoms with E-state index in [1.807, 2.05) is 28.8 Å². The van der Waals surface area contributed by atoms with Crippen LogP contribution in [-0.4, -0.2) is 9.49 Å². The average molecular weight is 356 g/mol. The standard InChI is InChI=1S/C16H10BrN3O2/c17-13-3-1-11(2-4-13)9-19-10-12(8-18)15-7-14(20(21)22)5-6-16(15)19/h1-7,10H,9H2. The molecule has 3 aromatic rings. The molecule has 0 aliphatic rings. The van der Waals surface area contributed by atoms with E-state index in [0.29, 0.717) is 17.5 Å². The minimum atomic E-state index is -0.452. The van der Waals surface area contributed by atoms with Gasteiger partial charge in [0.2, 0.25) is 0 Å². The van der Waals surface area contributed by atoms with Crippen LogP contribution in [0.5, 0.6) is 0 Å². The van der Waals surface area contributed by atoms with Crippen molar-refractivity contribution in [2.75, 3.05) is 0 Å². The molecule has 0 aliphatic carbocycles. The number of rotatable bonds is 3. The number of halogens is 1. The van der Waals surface area contributed by atoms with Crippen LogP contribution in [0.1, 0.15) is 11.1 Å². The molecule has 0 aliphatic heterocycles. The van der Waals surface area contributed by atoms with E-state index in [1.165, 1.54) is 12.1 Å². The van der Waals surface area contributed by atoms with Gasteiger partial charge in [-0.3, -0.25) is 10.1 Å². The van der Waals surface area contributed by atoms with Gasteiger partial charge in [0.1, 0.15) is 6.07 Å². The predicted octanol–water partition coefficient (Wildman–Crippen LogP) is 4.23. The third-order valence-electron chi connectivity index (χ3n) is 3.46. The molecule has 0 bridgehead atoms. The first-order valence-corrected chi connectivity index (χ1v) is 7.29. The van der Waals surface area contributed by atoms with Gasteiger partial charge < -0.3 is 4.57 Å². The van der Waals surface area contributed by atoms with Gasteiger partial charge in [0.15, 0.2) is 0 Å². The predicted molar refractivity (Wildman–Crippen MR) is 86.6 cm³/mol. The van der Waals surface area contributed by atoms with Crippen molar-refractivity contribution in [3.63, 3.8) is 0 Å². The number of non-ortho nitro benzene ring substituents is 1. The molecule has 0 saturated heterocycles. The zero-order chi connectivity index (χ0) is 15.7. The average Bonchev–Trinajstić information content (AvgIpc) is 2.86. The number of aromatic nitrogens is 1. The van der Waals surface area contributed by atoms with Gasteiger partial charge in [0, 0.05) is 34.7 Å². The van der Waals surface area contributed by atoms with Gasteiger partial charge in [-0.25, -0.2) is 0 Å². The zero-order valence-corrected chi connectivity index (χ0v) is 12.9. The first-order valence-electron chi connectivity index (χ1n) is 6.50. The molecule has 1 heterocycles. The van der Waals surface area contributed by atoms with Crippen LogP contribution in [-0.2, 0) is 6.54 Å². The second-order valence-electron chi connectivity index (χ2n) is 4.87. The molecule has 0 amide bonds. The molecule has 0 N–H and O–H groups in total. The lowest BCUT2D eigenvalue weighted by atomic mass is 10.1. The van der Waals surface area contributed by atoms with E-state index in [9.17, 15) is 15.4 Å². The summed E-state index contributed by atoms with van der Waals surface area (Å²) in [5.41, 5.74) is 2.33. The van der Waals surface area contributed by atoms with E-state index in [0.717, 1.165) is 15.6 Å². The maximum Gasteiger partial charge on any atom is 0.270 e. The smallest absolute Gasteiger partial charge is 0.270 e. The van der Waals surface area contributed by atoms with E-state index in [2.05, 4.69) is 22.0 Å². The molecule has 0 spiro atoms. The van der Waals surface area contributed by atoms with Crippen LogP contribution in [0.2, 0.25) is 0 Å². The Bertz CT molecular complexity index is 908. The van der Waals surface area contributed by atoms with E-state index in [1.54, 1.807) is 12.3 Å². The highest BCUT2D eigenvalue weighted by molar-refractivity contribution is 9.10. The van der Waals surface area contributed by atoms with E-state index in [4.69, 9.17) is 0 Å². The van der Waals surface area contributed by atoms with Gasteiger partial charge in [0.25, 0.3) is 5.69 Å². The fraction of sp³-hybridized carbons (Fsp3) is 0.0625. The van der Waals surface area contributed by atoms with Crippen LogP contribution in [0, 0.1) is 21.4 Å². The minimum Gasteiger partial charge on any atom is -0.342 e. The first-order chi connectivity index (χ1) is 10.6. The molecule has 22 heavy (non-hydrogen) atoms. The Morgan fingerprint density at radius 2 is 1.95 bits per heavy atom. The molecule has 3 rings (SSSR count). The lowest BCUT2D eigenvalue weighted by Crippen LogP contribution is -1.97. The number of benzene rings is 2. The zero-order valence-electron chi connectivity index (χ0n) is 11.4. The monoisotopic (exact) mass is 355 g/mol. The summed E-state index contributed by atoms with van der Waals surface area (Å²) in [7, 11) is 0. The topological polar surface area (TPSA) is 71.9 Å². The molecule has 0 fully saturated rings. The highest BCUT2D eigenvalue weighted by Crippen LogP contribution is 2.26. The summed E-state index contributed by atoms with van der Waals surface area (Å²) >= 11 is 3.39. The van der Waals surface area contributed by atoms with Crippen molar-refractivity contribution in [1.29, 1.82) is 5.26 Å². The van der Waals surface area contributed by atoms with Crippen molar-refractivity contribution in [2.24, 2.45) is 0 Å². The molecule has 6 heteroatoms. The van der Waals surface area contributed by atoms with Crippen LogP contribution in [0.4, 0.5) is 5.69 Å². The number of nitro groups is 1. The maximum absolute atomic E-state index is 10.9. The van der Waals surface area contributed by atoms with Crippen LogP contribution in [0.15, 0.2) is 53.1 Å². The first kappa shape index (κ1) is 14.3. The maximum atomic E-state index is 10.9. The molecule has 0 atom stereocenters. The largest absolute Gasteiger partial charge is 0.342 e. The van der Waals surface area contributed by atoms with Crippen LogP contribution in [0.25, 0.3) is 10.9 Å². The van der Waals surface area contributed by atoms with Gasteiger partial charge in [-0.2, -0.15) is 5.26 Å². The SMILES string of the molecule is N#Cc1cn(Cc2ccc(Br)cc2)c2ccc([N+](=O)[O-])cc12. The lowest BCUT2D eigenvalue weighted by Gasteiger charge is -2.05. The third-order valence-corrected chi connectivity index (χ3v) is 3.99. The summed E-state index contributed by atoms with van der Waals surface area (Å²) in [6.07, 6.45) is 1.73. The van der Waals surface area contributed by atoms with Crippen molar-refractivity contribution in [3.8, 4) is 6.07 Å². The minimum absolute atomic E-state index is 0.00890. The molecule has 0 saturated carbocycles. The Morgan fingerprint density at radius 3 is 2.59 bits per heavy atom. The third kappa shape index (κ3) is 2.59. The second kappa shape index (κ2) is 5.62. The molecule has 108 valence electrons. The van der Waals surface area contributed by atoms with E-state index < -0.39 is 4.92 Å².